The number of nitrogens with zero attached hydrogens (tertiary/aromatic N) is 1. The van der Waals surface area contributed by atoms with Gasteiger partial charge in [0.25, 0.3) is 5.91 Å². The zero-order valence-corrected chi connectivity index (χ0v) is 16.3. The van der Waals surface area contributed by atoms with E-state index in [1.54, 1.807) is 27.3 Å². The molecule has 1 aromatic rings. The number of hydrogen-bond donors (Lipinski definition) is 2. The van der Waals surface area contributed by atoms with Crippen LogP contribution in [0.25, 0.3) is 0 Å². The Hall–Kier alpha value is -2.28. The van der Waals surface area contributed by atoms with Crippen molar-refractivity contribution in [2.24, 2.45) is 11.3 Å². The van der Waals surface area contributed by atoms with E-state index in [4.69, 9.17) is 9.47 Å². The Morgan fingerprint density at radius 2 is 2.00 bits per heavy atom. The van der Waals surface area contributed by atoms with E-state index in [2.05, 4.69) is 10.6 Å². The van der Waals surface area contributed by atoms with E-state index in [9.17, 15) is 9.59 Å². The topological polar surface area (TPSA) is 79.9 Å². The van der Waals surface area contributed by atoms with Gasteiger partial charge in [0.1, 0.15) is 0 Å². The van der Waals surface area contributed by atoms with Crippen LogP contribution in [-0.2, 0) is 16.1 Å². The average molecular weight is 375 g/mol. The number of rotatable bonds is 7. The standard InChI is InChI=1S/C20H29N3O4/c1-23(2)18(24)13-27-16-5-4-14(10-17(16)26-3)12-22-19(25)15-11-20(15)6-8-21-9-7-20/h4-5,10,15,21H,6-9,11-13H2,1-3H3,(H,22,25). The molecule has 0 bridgehead atoms. The predicted octanol–water partition coefficient (Wildman–Crippen LogP) is 1.17. The third kappa shape index (κ3) is 4.53. The molecule has 1 atom stereocenters. The van der Waals surface area contributed by atoms with Crippen molar-refractivity contribution >= 4 is 11.8 Å². The zero-order chi connectivity index (χ0) is 19.4. The summed E-state index contributed by atoms with van der Waals surface area (Å²) >= 11 is 0. The van der Waals surface area contributed by atoms with Gasteiger partial charge in [-0.1, -0.05) is 6.07 Å². The molecule has 1 aliphatic carbocycles. The first-order valence-electron chi connectivity index (χ1n) is 9.43. The summed E-state index contributed by atoms with van der Waals surface area (Å²) in [7, 11) is 4.93. The van der Waals surface area contributed by atoms with Gasteiger partial charge in [0.2, 0.25) is 5.91 Å². The molecule has 1 unspecified atom stereocenters. The second-order valence-corrected chi connectivity index (χ2v) is 7.65. The lowest BCUT2D eigenvalue weighted by atomic mass is 9.92. The summed E-state index contributed by atoms with van der Waals surface area (Å²) in [4.78, 5) is 25.6. The predicted molar refractivity (Wildman–Crippen MR) is 102 cm³/mol. The minimum Gasteiger partial charge on any atom is -0.493 e. The minimum atomic E-state index is -0.121. The van der Waals surface area contributed by atoms with Gasteiger partial charge in [-0.3, -0.25) is 9.59 Å². The summed E-state index contributed by atoms with van der Waals surface area (Å²) < 4.78 is 10.9. The van der Waals surface area contributed by atoms with Crippen LogP contribution in [0.4, 0.5) is 0 Å². The molecule has 148 valence electrons. The molecule has 2 N–H and O–H groups in total. The van der Waals surface area contributed by atoms with Gasteiger partial charge in [-0.25, -0.2) is 0 Å². The molecule has 1 spiro atoms. The number of nitrogens with one attached hydrogen (secondary N) is 2. The fraction of sp³-hybridized carbons (Fsp3) is 0.600. The first kappa shape index (κ1) is 19.5. The van der Waals surface area contributed by atoms with Gasteiger partial charge < -0.3 is 25.0 Å². The molecule has 1 saturated carbocycles. The molecular formula is C20H29N3O4. The Kier molecular flexibility index (Phi) is 5.89. The number of carbonyl (C=O) groups excluding carboxylic acids is 2. The zero-order valence-electron chi connectivity index (χ0n) is 16.3. The number of likely N-dealkylation sites (N-methyl/N-ethyl adjacent to an activating group) is 1. The van der Waals surface area contributed by atoms with Crippen molar-refractivity contribution in [1.82, 2.24) is 15.5 Å². The summed E-state index contributed by atoms with van der Waals surface area (Å²) in [5.74, 6) is 1.24. The van der Waals surface area contributed by atoms with Crippen molar-refractivity contribution < 1.29 is 19.1 Å². The van der Waals surface area contributed by atoms with Crippen LogP contribution in [0.5, 0.6) is 11.5 Å². The van der Waals surface area contributed by atoms with Gasteiger partial charge in [-0.2, -0.15) is 0 Å². The maximum Gasteiger partial charge on any atom is 0.259 e. The highest BCUT2D eigenvalue weighted by atomic mass is 16.5. The Morgan fingerprint density at radius 3 is 2.67 bits per heavy atom. The third-order valence-electron chi connectivity index (χ3n) is 5.65. The maximum atomic E-state index is 12.5. The van der Waals surface area contributed by atoms with E-state index < -0.39 is 0 Å². The van der Waals surface area contributed by atoms with Crippen molar-refractivity contribution in [3.63, 3.8) is 0 Å². The highest BCUT2D eigenvalue weighted by Gasteiger charge is 2.57. The van der Waals surface area contributed by atoms with Crippen LogP contribution in [0, 0.1) is 11.3 Å². The quantitative estimate of drug-likeness (QED) is 0.748. The molecule has 7 heteroatoms. The van der Waals surface area contributed by atoms with Gasteiger partial charge >= 0.3 is 0 Å². The lowest BCUT2D eigenvalue weighted by Gasteiger charge is -2.23. The molecule has 1 aliphatic heterocycles. The van der Waals surface area contributed by atoms with Crippen molar-refractivity contribution in [3.05, 3.63) is 23.8 Å². The van der Waals surface area contributed by atoms with E-state index in [1.807, 2.05) is 12.1 Å². The Balaban J connectivity index is 1.53. The largest absolute Gasteiger partial charge is 0.493 e. The van der Waals surface area contributed by atoms with E-state index in [0.717, 1.165) is 37.9 Å². The molecule has 1 aromatic carbocycles. The van der Waals surface area contributed by atoms with Gasteiger partial charge in [-0.05, 0) is 55.5 Å². The number of amides is 2. The Bertz CT molecular complexity index is 698. The summed E-state index contributed by atoms with van der Waals surface area (Å²) in [6.45, 7) is 2.44. The summed E-state index contributed by atoms with van der Waals surface area (Å²) in [6.07, 6.45) is 3.20. The Labute approximate surface area is 160 Å². The van der Waals surface area contributed by atoms with Crippen LogP contribution < -0.4 is 20.1 Å². The molecule has 0 radical (unpaired) electrons. The van der Waals surface area contributed by atoms with Crippen LogP contribution >= 0.6 is 0 Å². The molecule has 2 aliphatic rings. The van der Waals surface area contributed by atoms with Crippen molar-refractivity contribution in [2.45, 2.75) is 25.8 Å². The average Bonchev–Trinajstić information content (AvgIpc) is 3.37. The minimum absolute atomic E-state index is 0.0436. The molecule has 2 amide bonds. The molecule has 27 heavy (non-hydrogen) atoms. The highest BCUT2D eigenvalue weighted by Crippen LogP contribution is 2.58. The summed E-state index contributed by atoms with van der Waals surface area (Å²) in [5, 5.41) is 6.41. The Morgan fingerprint density at radius 1 is 1.26 bits per heavy atom. The number of carbonyl (C=O) groups is 2. The van der Waals surface area contributed by atoms with Crippen LogP contribution in [0.3, 0.4) is 0 Å². The SMILES string of the molecule is COc1cc(CNC(=O)C2CC23CCNCC3)ccc1OCC(=O)N(C)C. The number of piperidine rings is 1. The molecule has 1 saturated heterocycles. The third-order valence-corrected chi connectivity index (χ3v) is 5.65. The van der Waals surface area contributed by atoms with Gasteiger partial charge in [0.15, 0.2) is 18.1 Å². The number of ether oxygens (including phenoxy) is 2. The first-order chi connectivity index (χ1) is 12.9. The molecule has 3 rings (SSSR count). The smallest absolute Gasteiger partial charge is 0.259 e. The second kappa shape index (κ2) is 8.17. The number of methoxy groups -OCH3 is 1. The van der Waals surface area contributed by atoms with E-state index >= 15 is 0 Å². The monoisotopic (exact) mass is 375 g/mol. The fourth-order valence-electron chi connectivity index (χ4n) is 3.72. The van der Waals surface area contributed by atoms with E-state index in [1.165, 1.54) is 4.90 Å². The number of benzene rings is 1. The summed E-state index contributed by atoms with van der Waals surface area (Å²) in [6, 6.07) is 5.49. The molecular weight excluding hydrogens is 346 g/mol. The maximum absolute atomic E-state index is 12.5. The van der Waals surface area contributed by atoms with Gasteiger partial charge in [-0.15, -0.1) is 0 Å². The van der Waals surface area contributed by atoms with Crippen molar-refractivity contribution in [1.29, 1.82) is 0 Å². The highest BCUT2D eigenvalue weighted by molar-refractivity contribution is 5.82. The van der Waals surface area contributed by atoms with Crippen LogP contribution in [-0.4, -0.2) is 57.6 Å². The lowest BCUT2D eigenvalue weighted by Crippen LogP contribution is -2.33. The first-order valence-corrected chi connectivity index (χ1v) is 9.43. The van der Waals surface area contributed by atoms with E-state index in [-0.39, 0.29) is 29.8 Å². The lowest BCUT2D eigenvalue weighted by molar-refractivity contribution is -0.130. The normalized spacial score (nSPS) is 20.0. The van der Waals surface area contributed by atoms with Gasteiger partial charge in [0, 0.05) is 26.6 Å². The van der Waals surface area contributed by atoms with Crippen LogP contribution in [0.2, 0.25) is 0 Å². The molecule has 0 aromatic heterocycles. The van der Waals surface area contributed by atoms with Crippen LogP contribution in [0.1, 0.15) is 24.8 Å². The molecule has 1 heterocycles. The van der Waals surface area contributed by atoms with Gasteiger partial charge in [0.05, 0.1) is 7.11 Å². The molecule has 2 fully saturated rings. The summed E-state index contributed by atoms with van der Waals surface area (Å²) in [5.41, 5.74) is 1.18. The van der Waals surface area contributed by atoms with Crippen LogP contribution in [0.15, 0.2) is 18.2 Å². The fourth-order valence-corrected chi connectivity index (χ4v) is 3.72. The number of hydrogen-bond acceptors (Lipinski definition) is 5. The van der Waals surface area contributed by atoms with E-state index in [0.29, 0.717) is 18.0 Å². The molecule has 7 nitrogen and oxygen atoms in total. The van der Waals surface area contributed by atoms with Crippen molar-refractivity contribution in [3.8, 4) is 11.5 Å². The van der Waals surface area contributed by atoms with Crippen molar-refractivity contribution in [2.75, 3.05) is 40.9 Å². The second-order valence-electron chi connectivity index (χ2n) is 7.65.